The van der Waals surface area contributed by atoms with Gasteiger partial charge in [0.2, 0.25) is 5.95 Å². The van der Waals surface area contributed by atoms with Gasteiger partial charge in [-0.1, -0.05) is 24.3 Å². The third kappa shape index (κ3) is 2.03. The first-order valence-corrected chi connectivity index (χ1v) is 6.48. The maximum Gasteiger partial charge on any atom is 0.329 e. The van der Waals surface area contributed by atoms with Crippen LogP contribution in [0.2, 0.25) is 0 Å². The average Bonchev–Trinajstić information content (AvgIpc) is 2.77. The summed E-state index contributed by atoms with van der Waals surface area (Å²) in [5, 5.41) is 0. The summed E-state index contributed by atoms with van der Waals surface area (Å²) in [5.41, 5.74) is 7.66. The number of nitrogen functional groups attached to an aromatic ring is 1. The molecule has 0 bridgehead atoms. The summed E-state index contributed by atoms with van der Waals surface area (Å²) in [6, 6.07) is 7.84. The normalized spacial score (nSPS) is 11.1. The monoisotopic (exact) mass is 285 g/mol. The number of aromatic nitrogens is 4. The molecule has 0 unspecified atom stereocenters. The van der Waals surface area contributed by atoms with Crippen LogP contribution in [0.1, 0.15) is 11.1 Å². The SMILES string of the molecule is Cc1ccccc1Cn1c(N)nc2c1c(=O)[nH]c(=O)n2C. The highest BCUT2D eigenvalue weighted by molar-refractivity contribution is 5.73. The fourth-order valence-electron chi connectivity index (χ4n) is 2.37. The number of aromatic amines is 1. The van der Waals surface area contributed by atoms with Gasteiger partial charge in [-0.15, -0.1) is 0 Å². The second-order valence-corrected chi connectivity index (χ2v) is 4.97. The minimum absolute atomic E-state index is 0.208. The topological polar surface area (TPSA) is 98.7 Å². The molecule has 7 heteroatoms. The molecular formula is C14H15N5O2. The summed E-state index contributed by atoms with van der Waals surface area (Å²) in [5.74, 6) is 0.208. The average molecular weight is 285 g/mol. The fourth-order valence-corrected chi connectivity index (χ4v) is 2.37. The summed E-state index contributed by atoms with van der Waals surface area (Å²) in [6.45, 7) is 2.42. The van der Waals surface area contributed by atoms with Crippen LogP contribution >= 0.6 is 0 Å². The van der Waals surface area contributed by atoms with Crippen molar-refractivity contribution in [2.45, 2.75) is 13.5 Å². The molecule has 3 rings (SSSR count). The molecule has 0 saturated carbocycles. The van der Waals surface area contributed by atoms with Crippen molar-refractivity contribution in [2.75, 3.05) is 5.73 Å². The second kappa shape index (κ2) is 4.62. The van der Waals surface area contributed by atoms with E-state index in [0.717, 1.165) is 11.1 Å². The molecule has 0 fully saturated rings. The van der Waals surface area contributed by atoms with Crippen LogP contribution in [-0.2, 0) is 13.6 Å². The summed E-state index contributed by atoms with van der Waals surface area (Å²) in [7, 11) is 1.55. The van der Waals surface area contributed by atoms with Crippen molar-refractivity contribution >= 4 is 17.1 Å². The fraction of sp³-hybridized carbons (Fsp3) is 0.214. The van der Waals surface area contributed by atoms with Crippen molar-refractivity contribution in [3.63, 3.8) is 0 Å². The largest absolute Gasteiger partial charge is 0.369 e. The number of anilines is 1. The second-order valence-electron chi connectivity index (χ2n) is 4.97. The van der Waals surface area contributed by atoms with E-state index in [1.807, 2.05) is 31.2 Å². The number of benzene rings is 1. The van der Waals surface area contributed by atoms with Crippen molar-refractivity contribution < 1.29 is 0 Å². The third-order valence-corrected chi connectivity index (χ3v) is 3.63. The van der Waals surface area contributed by atoms with E-state index in [9.17, 15) is 9.59 Å². The van der Waals surface area contributed by atoms with E-state index < -0.39 is 11.2 Å². The summed E-state index contributed by atoms with van der Waals surface area (Å²) in [6.07, 6.45) is 0. The van der Waals surface area contributed by atoms with Gasteiger partial charge in [0.05, 0.1) is 6.54 Å². The highest BCUT2D eigenvalue weighted by atomic mass is 16.2. The Balaban J connectivity index is 2.27. The summed E-state index contributed by atoms with van der Waals surface area (Å²) in [4.78, 5) is 30.1. The van der Waals surface area contributed by atoms with Crippen molar-refractivity contribution in [1.29, 1.82) is 0 Å². The van der Waals surface area contributed by atoms with E-state index in [-0.39, 0.29) is 11.6 Å². The van der Waals surface area contributed by atoms with Gasteiger partial charge in [0, 0.05) is 7.05 Å². The molecule has 2 heterocycles. The maximum absolute atomic E-state index is 12.1. The van der Waals surface area contributed by atoms with Gasteiger partial charge in [0.25, 0.3) is 5.56 Å². The molecule has 0 saturated heterocycles. The highest BCUT2D eigenvalue weighted by Gasteiger charge is 2.16. The standard InChI is InChI=1S/C14H15N5O2/c1-8-5-3-4-6-9(8)7-19-10-11(16-13(19)15)18(2)14(21)17-12(10)20/h3-6H,7H2,1-2H3,(H2,15,16)(H,17,20,21). The molecule has 108 valence electrons. The van der Waals surface area contributed by atoms with Crippen LogP contribution in [0.3, 0.4) is 0 Å². The molecule has 1 aromatic carbocycles. The first-order valence-electron chi connectivity index (χ1n) is 6.48. The Kier molecular flexibility index (Phi) is 2.90. The number of imidazole rings is 1. The van der Waals surface area contributed by atoms with Gasteiger partial charge < -0.3 is 10.3 Å². The molecule has 0 spiro atoms. The molecular weight excluding hydrogens is 270 g/mol. The number of H-pyrrole nitrogens is 1. The first kappa shape index (κ1) is 13.2. The van der Waals surface area contributed by atoms with Crippen molar-refractivity contribution in [3.8, 4) is 0 Å². The zero-order valence-electron chi connectivity index (χ0n) is 11.8. The molecule has 0 atom stereocenters. The van der Waals surface area contributed by atoms with E-state index in [2.05, 4.69) is 9.97 Å². The van der Waals surface area contributed by atoms with Gasteiger partial charge >= 0.3 is 5.69 Å². The molecule has 0 aliphatic heterocycles. The molecule has 3 N–H and O–H groups in total. The van der Waals surface area contributed by atoms with E-state index in [4.69, 9.17) is 5.73 Å². The molecule has 0 aliphatic carbocycles. The Bertz CT molecular complexity index is 948. The first-order chi connectivity index (χ1) is 9.99. The van der Waals surface area contributed by atoms with Gasteiger partial charge in [-0.05, 0) is 18.1 Å². The Morgan fingerprint density at radius 3 is 2.71 bits per heavy atom. The Labute approximate surface area is 119 Å². The van der Waals surface area contributed by atoms with E-state index >= 15 is 0 Å². The lowest BCUT2D eigenvalue weighted by molar-refractivity contribution is 0.809. The Hall–Kier alpha value is -2.83. The van der Waals surface area contributed by atoms with Crippen LogP contribution in [0.5, 0.6) is 0 Å². The Morgan fingerprint density at radius 2 is 2.00 bits per heavy atom. The number of fused-ring (bicyclic) bond motifs is 1. The number of nitrogens with zero attached hydrogens (tertiary/aromatic N) is 3. The minimum atomic E-state index is -0.506. The van der Waals surface area contributed by atoms with Crippen molar-refractivity contribution in [2.24, 2.45) is 7.05 Å². The molecule has 0 amide bonds. The smallest absolute Gasteiger partial charge is 0.329 e. The van der Waals surface area contributed by atoms with Crippen LogP contribution in [0.4, 0.5) is 5.95 Å². The number of nitrogens with one attached hydrogen (secondary N) is 1. The molecule has 3 aromatic rings. The minimum Gasteiger partial charge on any atom is -0.369 e. The van der Waals surface area contributed by atoms with Crippen LogP contribution in [0, 0.1) is 6.92 Å². The number of rotatable bonds is 2. The zero-order valence-corrected chi connectivity index (χ0v) is 11.8. The lowest BCUT2D eigenvalue weighted by Crippen LogP contribution is -2.29. The van der Waals surface area contributed by atoms with E-state index in [0.29, 0.717) is 12.1 Å². The van der Waals surface area contributed by atoms with E-state index in [1.54, 1.807) is 11.6 Å². The van der Waals surface area contributed by atoms with Crippen molar-refractivity contribution in [3.05, 3.63) is 56.2 Å². The number of nitrogens with two attached hydrogens (primary N) is 1. The van der Waals surface area contributed by atoms with Gasteiger partial charge in [-0.25, -0.2) is 4.79 Å². The number of aryl methyl sites for hydroxylation is 2. The Morgan fingerprint density at radius 1 is 1.29 bits per heavy atom. The maximum atomic E-state index is 12.1. The number of hydrogen-bond donors (Lipinski definition) is 2. The molecule has 0 radical (unpaired) electrons. The molecule has 0 aliphatic rings. The van der Waals surface area contributed by atoms with Crippen LogP contribution in [-0.4, -0.2) is 19.1 Å². The summed E-state index contributed by atoms with van der Waals surface area (Å²) < 4.78 is 2.90. The molecule has 21 heavy (non-hydrogen) atoms. The third-order valence-electron chi connectivity index (χ3n) is 3.63. The number of hydrogen-bond acceptors (Lipinski definition) is 4. The van der Waals surface area contributed by atoms with Gasteiger partial charge in [-0.3, -0.25) is 14.3 Å². The quantitative estimate of drug-likeness (QED) is 0.710. The van der Waals surface area contributed by atoms with E-state index in [1.165, 1.54) is 4.57 Å². The highest BCUT2D eigenvalue weighted by Crippen LogP contribution is 2.16. The summed E-state index contributed by atoms with van der Waals surface area (Å²) >= 11 is 0. The van der Waals surface area contributed by atoms with Crippen LogP contribution < -0.4 is 17.0 Å². The van der Waals surface area contributed by atoms with Crippen LogP contribution in [0.15, 0.2) is 33.9 Å². The zero-order chi connectivity index (χ0) is 15.1. The van der Waals surface area contributed by atoms with Gasteiger partial charge in [-0.2, -0.15) is 4.98 Å². The molecule has 2 aromatic heterocycles. The lowest BCUT2D eigenvalue weighted by atomic mass is 10.1. The van der Waals surface area contributed by atoms with Crippen LogP contribution in [0.25, 0.3) is 11.2 Å². The predicted octanol–water partition coefficient (Wildman–Crippen LogP) is 0.362. The molecule has 7 nitrogen and oxygen atoms in total. The van der Waals surface area contributed by atoms with Gasteiger partial charge in [0.1, 0.15) is 0 Å². The lowest BCUT2D eigenvalue weighted by Gasteiger charge is -2.08. The van der Waals surface area contributed by atoms with Crippen molar-refractivity contribution in [1.82, 2.24) is 19.1 Å². The van der Waals surface area contributed by atoms with Gasteiger partial charge in [0.15, 0.2) is 11.2 Å². The predicted molar refractivity (Wildman–Crippen MR) is 80.3 cm³/mol.